The standard InChI is InChI=1S/C14H13F3N2O/c15-14(16,17)8-19(10-5-6-10)13(20)12-7-9-3-1-2-4-11(9)18-12/h1-4,7,10,18H,5-6,8H2. The Labute approximate surface area is 113 Å². The van der Waals surface area contributed by atoms with Gasteiger partial charge < -0.3 is 9.88 Å². The van der Waals surface area contributed by atoms with Gasteiger partial charge in [-0.2, -0.15) is 13.2 Å². The molecule has 0 spiro atoms. The van der Waals surface area contributed by atoms with E-state index < -0.39 is 18.6 Å². The molecule has 0 unspecified atom stereocenters. The highest BCUT2D eigenvalue weighted by Gasteiger charge is 2.41. The Morgan fingerprint density at radius 1 is 1.30 bits per heavy atom. The van der Waals surface area contributed by atoms with E-state index in [0.717, 1.165) is 15.8 Å². The van der Waals surface area contributed by atoms with Crippen molar-refractivity contribution in [3.8, 4) is 0 Å². The van der Waals surface area contributed by atoms with Gasteiger partial charge in [-0.25, -0.2) is 0 Å². The molecular weight excluding hydrogens is 269 g/mol. The molecule has 0 radical (unpaired) electrons. The van der Waals surface area contributed by atoms with Gasteiger partial charge in [-0.1, -0.05) is 18.2 Å². The summed E-state index contributed by atoms with van der Waals surface area (Å²) in [7, 11) is 0. The molecule has 2 aromatic rings. The molecule has 1 aliphatic carbocycles. The van der Waals surface area contributed by atoms with Gasteiger partial charge in [0.15, 0.2) is 0 Å². The Kier molecular flexibility index (Phi) is 2.96. The van der Waals surface area contributed by atoms with Gasteiger partial charge in [0.05, 0.1) is 0 Å². The minimum atomic E-state index is -4.37. The number of aromatic nitrogens is 1. The number of para-hydroxylation sites is 1. The minimum absolute atomic E-state index is 0.211. The first-order valence-corrected chi connectivity index (χ1v) is 6.39. The second kappa shape index (κ2) is 4.54. The van der Waals surface area contributed by atoms with Crippen molar-refractivity contribution >= 4 is 16.8 Å². The lowest BCUT2D eigenvalue weighted by molar-refractivity contribution is -0.141. The summed E-state index contributed by atoms with van der Waals surface area (Å²) >= 11 is 0. The van der Waals surface area contributed by atoms with E-state index in [1.807, 2.05) is 18.2 Å². The Hall–Kier alpha value is -1.98. The van der Waals surface area contributed by atoms with E-state index in [9.17, 15) is 18.0 Å². The molecule has 1 fully saturated rings. The number of hydrogen-bond donors (Lipinski definition) is 1. The number of benzene rings is 1. The van der Waals surface area contributed by atoms with Crippen molar-refractivity contribution in [2.45, 2.75) is 25.1 Å². The fourth-order valence-electron chi connectivity index (χ4n) is 2.29. The fraction of sp³-hybridized carbons (Fsp3) is 0.357. The van der Waals surface area contributed by atoms with E-state index in [0.29, 0.717) is 12.8 Å². The second-order valence-electron chi connectivity index (χ2n) is 5.05. The number of hydrogen-bond acceptors (Lipinski definition) is 1. The zero-order valence-electron chi connectivity index (χ0n) is 10.6. The third-order valence-corrected chi connectivity index (χ3v) is 3.36. The number of rotatable bonds is 3. The van der Waals surface area contributed by atoms with Gasteiger partial charge in [0.25, 0.3) is 5.91 Å². The van der Waals surface area contributed by atoms with Crippen LogP contribution in [0.25, 0.3) is 10.9 Å². The molecular formula is C14H13F3N2O. The van der Waals surface area contributed by atoms with E-state index in [2.05, 4.69) is 4.98 Å². The minimum Gasteiger partial charge on any atom is -0.351 e. The topological polar surface area (TPSA) is 36.1 Å². The summed E-state index contributed by atoms with van der Waals surface area (Å²) < 4.78 is 37.7. The summed E-state index contributed by atoms with van der Waals surface area (Å²) in [5.74, 6) is -0.582. The maximum atomic E-state index is 12.6. The highest BCUT2D eigenvalue weighted by atomic mass is 19.4. The lowest BCUT2D eigenvalue weighted by Crippen LogP contribution is -2.40. The van der Waals surface area contributed by atoms with Gasteiger partial charge in [-0.3, -0.25) is 4.79 Å². The van der Waals surface area contributed by atoms with E-state index >= 15 is 0 Å². The summed E-state index contributed by atoms with van der Waals surface area (Å²) in [6, 6.07) is 8.55. The number of halogens is 3. The fourth-order valence-corrected chi connectivity index (χ4v) is 2.29. The number of carbonyl (C=O) groups is 1. The van der Waals surface area contributed by atoms with Crippen LogP contribution in [0.4, 0.5) is 13.2 Å². The molecule has 1 heterocycles. The van der Waals surface area contributed by atoms with Crippen LogP contribution < -0.4 is 0 Å². The zero-order chi connectivity index (χ0) is 14.3. The molecule has 0 bridgehead atoms. The van der Waals surface area contributed by atoms with Gasteiger partial charge in [-0.15, -0.1) is 0 Å². The van der Waals surface area contributed by atoms with Crippen LogP contribution in [-0.4, -0.2) is 34.6 Å². The van der Waals surface area contributed by atoms with E-state index in [1.165, 1.54) is 0 Å². The highest BCUT2D eigenvalue weighted by Crippen LogP contribution is 2.31. The van der Waals surface area contributed by atoms with Crippen molar-refractivity contribution in [1.82, 2.24) is 9.88 Å². The van der Waals surface area contributed by atoms with Gasteiger partial charge in [-0.05, 0) is 25.0 Å². The quantitative estimate of drug-likeness (QED) is 0.921. The summed E-state index contributed by atoms with van der Waals surface area (Å²) in [5, 5.41) is 0.818. The molecule has 1 aromatic carbocycles. The van der Waals surface area contributed by atoms with Crippen LogP contribution in [0.3, 0.4) is 0 Å². The largest absolute Gasteiger partial charge is 0.406 e. The van der Waals surface area contributed by atoms with Crippen LogP contribution in [0.2, 0.25) is 0 Å². The molecule has 6 heteroatoms. The predicted octanol–water partition coefficient (Wildman–Crippen LogP) is 3.33. The Morgan fingerprint density at radius 3 is 2.60 bits per heavy atom. The van der Waals surface area contributed by atoms with Crippen LogP contribution in [-0.2, 0) is 0 Å². The average molecular weight is 282 g/mol. The molecule has 0 aliphatic heterocycles. The summed E-state index contributed by atoms with van der Waals surface area (Å²) in [4.78, 5) is 16.1. The molecule has 1 saturated carbocycles. The third kappa shape index (κ3) is 2.64. The molecule has 1 N–H and O–H groups in total. The van der Waals surface area contributed by atoms with Crippen molar-refractivity contribution in [2.24, 2.45) is 0 Å². The molecule has 3 rings (SSSR count). The number of fused-ring (bicyclic) bond motifs is 1. The van der Waals surface area contributed by atoms with Crippen LogP contribution in [0, 0.1) is 0 Å². The first kappa shape index (κ1) is 13.0. The zero-order valence-corrected chi connectivity index (χ0v) is 10.6. The summed E-state index contributed by atoms with van der Waals surface area (Å²) in [6.07, 6.45) is -3.09. The molecule has 0 saturated heterocycles. The molecule has 20 heavy (non-hydrogen) atoms. The number of alkyl halides is 3. The molecule has 106 valence electrons. The van der Waals surface area contributed by atoms with Crippen LogP contribution in [0.1, 0.15) is 23.3 Å². The molecule has 3 nitrogen and oxygen atoms in total. The van der Waals surface area contributed by atoms with Crippen molar-refractivity contribution in [1.29, 1.82) is 0 Å². The van der Waals surface area contributed by atoms with Gasteiger partial charge in [0.1, 0.15) is 12.2 Å². The lowest BCUT2D eigenvalue weighted by Gasteiger charge is -2.23. The van der Waals surface area contributed by atoms with Gasteiger partial charge >= 0.3 is 6.18 Å². The van der Waals surface area contributed by atoms with Crippen molar-refractivity contribution in [3.05, 3.63) is 36.0 Å². The van der Waals surface area contributed by atoms with Crippen LogP contribution in [0.15, 0.2) is 30.3 Å². The lowest BCUT2D eigenvalue weighted by atomic mass is 10.2. The molecule has 1 aromatic heterocycles. The Balaban J connectivity index is 1.88. The SMILES string of the molecule is O=C(c1cc2ccccc2[nH]1)N(CC(F)(F)F)C1CC1. The Morgan fingerprint density at radius 2 is 2.00 bits per heavy atom. The highest BCUT2D eigenvalue weighted by molar-refractivity contribution is 5.98. The molecule has 1 amide bonds. The summed E-state index contributed by atoms with van der Waals surface area (Å²) in [6.45, 7) is -1.19. The number of carbonyl (C=O) groups excluding carboxylic acids is 1. The Bertz CT molecular complexity index is 610. The predicted molar refractivity (Wildman–Crippen MR) is 68.4 cm³/mol. The number of amides is 1. The van der Waals surface area contributed by atoms with Crippen molar-refractivity contribution in [2.75, 3.05) is 6.54 Å². The smallest absolute Gasteiger partial charge is 0.351 e. The first-order chi connectivity index (χ1) is 9.44. The third-order valence-electron chi connectivity index (χ3n) is 3.36. The number of H-pyrrole nitrogens is 1. The number of aromatic amines is 1. The van der Waals surface area contributed by atoms with E-state index in [-0.39, 0.29) is 11.7 Å². The maximum Gasteiger partial charge on any atom is 0.406 e. The summed E-state index contributed by atoms with van der Waals surface area (Å²) in [5.41, 5.74) is 0.959. The first-order valence-electron chi connectivity index (χ1n) is 6.39. The molecule has 0 atom stereocenters. The monoisotopic (exact) mass is 282 g/mol. The van der Waals surface area contributed by atoms with Crippen LogP contribution in [0.5, 0.6) is 0 Å². The average Bonchev–Trinajstić information content (AvgIpc) is 3.12. The molecule has 1 aliphatic rings. The normalized spacial score (nSPS) is 15.6. The van der Waals surface area contributed by atoms with Crippen molar-refractivity contribution < 1.29 is 18.0 Å². The van der Waals surface area contributed by atoms with Gasteiger partial charge in [0.2, 0.25) is 0 Å². The van der Waals surface area contributed by atoms with Crippen LogP contribution >= 0.6 is 0 Å². The number of nitrogens with one attached hydrogen (secondary N) is 1. The van der Waals surface area contributed by atoms with E-state index in [1.54, 1.807) is 12.1 Å². The second-order valence-corrected chi connectivity index (χ2v) is 5.05. The van der Waals surface area contributed by atoms with Crippen molar-refractivity contribution in [3.63, 3.8) is 0 Å². The van der Waals surface area contributed by atoms with Gasteiger partial charge in [0, 0.05) is 16.9 Å². The van der Waals surface area contributed by atoms with E-state index in [4.69, 9.17) is 0 Å². The number of nitrogens with zero attached hydrogens (tertiary/aromatic N) is 1. The maximum absolute atomic E-state index is 12.6.